The Morgan fingerprint density at radius 1 is 1.26 bits per heavy atom. The van der Waals surface area contributed by atoms with Crippen LogP contribution in [-0.4, -0.2) is 29.1 Å². The molecule has 2 saturated carbocycles. The second-order valence-electron chi connectivity index (χ2n) is 7.25. The van der Waals surface area contributed by atoms with Crippen LogP contribution in [0.3, 0.4) is 0 Å². The molecule has 0 saturated heterocycles. The predicted molar refractivity (Wildman–Crippen MR) is 86.4 cm³/mol. The van der Waals surface area contributed by atoms with E-state index in [1.807, 2.05) is 44.2 Å². The number of Topliss-reactive ketones (excluding diaryl/α,β-unsaturated/α-hetero) is 1. The highest BCUT2D eigenvalue weighted by molar-refractivity contribution is 5.91. The molecule has 4 unspecified atom stereocenters. The smallest absolute Gasteiger partial charge is 0.331 e. The minimum absolute atomic E-state index is 0.0622. The molecule has 1 N–H and O–H groups in total. The fraction of sp³-hybridized carbons (Fsp3) is 0.474. The van der Waals surface area contributed by atoms with E-state index >= 15 is 0 Å². The van der Waals surface area contributed by atoms with Gasteiger partial charge in [-0.25, -0.2) is 4.79 Å². The number of aliphatic hydroxyl groups excluding tert-OH is 1. The minimum Gasteiger partial charge on any atom is -0.456 e. The van der Waals surface area contributed by atoms with Crippen LogP contribution in [0.2, 0.25) is 0 Å². The lowest BCUT2D eigenvalue weighted by molar-refractivity contribution is -0.159. The van der Waals surface area contributed by atoms with Crippen LogP contribution in [0.25, 0.3) is 6.08 Å². The van der Waals surface area contributed by atoms with Gasteiger partial charge in [-0.2, -0.15) is 0 Å². The Balaban J connectivity index is 1.73. The van der Waals surface area contributed by atoms with Crippen molar-refractivity contribution in [3.63, 3.8) is 0 Å². The average molecular weight is 314 g/mol. The molecule has 1 aromatic carbocycles. The molecule has 2 aliphatic carbocycles. The first kappa shape index (κ1) is 15.9. The summed E-state index contributed by atoms with van der Waals surface area (Å²) in [5, 5.41) is 10.6. The molecule has 0 aromatic heterocycles. The monoisotopic (exact) mass is 314 g/mol. The van der Waals surface area contributed by atoms with E-state index in [0.717, 1.165) is 5.56 Å². The molecule has 2 aliphatic rings. The Kier molecular flexibility index (Phi) is 3.68. The number of carbonyl (C=O) groups excluding carboxylic acids is 2. The van der Waals surface area contributed by atoms with Crippen LogP contribution in [-0.2, 0) is 14.3 Å². The third-order valence-electron chi connectivity index (χ3n) is 6.01. The van der Waals surface area contributed by atoms with Crippen LogP contribution >= 0.6 is 0 Å². The van der Waals surface area contributed by atoms with Gasteiger partial charge in [0.1, 0.15) is 18.0 Å². The highest BCUT2D eigenvalue weighted by Gasteiger charge is 2.71. The zero-order valence-electron chi connectivity index (χ0n) is 13.7. The van der Waals surface area contributed by atoms with E-state index in [1.54, 1.807) is 13.0 Å². The molecule has 3 rings (SSSR count). The van der Waals surface area contributed by atoms with Crippen LogP contribution in [0.1, 0.15) is 32.8 Å². The number of esters is 1. The molecule has 23 heavy (non-hydrogen) atoms. The summed E-state index contributed by atoms with van der Waals surface area (Å²) in [7, 11) is 0. The summed E-state index contributed by atoms with van der Waals surface area (Å²) in [6.07, 6.45) is 1.84. The second kappa shape index (κ2) is 5.31. The number of hydrogen-bond acceptors (Lipinski definition) is 4. The normalized spacial score (nSPS) is 35.0. The molecular formula is C19H22O4. The van der Waals surface area contributed by atoms with Gasteiger partial charge >= 0.3 is 5.97 Å². The molecule has 4 heteroatoms. The second-order valence-corrected chi connectivity index (χ2v) is 7.25. The number of aliphatic hydroxyl groups is 1. The Labute approximate surface area is 136 Å². The van der Waals surface area contributed by atoms with Crippen LogP contribution in [0.4, 0.5) is 0 Å². The number of ketones is 1. The number of hydrogen-bond donors (Lipinski definition) is 1. The number of benzene rings is 1. The van der Waals surface area contributed by atoms with E-state index < -0.39 is 23.6 Å². The van der Waals surface area contributed by atoms with Gasteiger partial charge in [-0.05, 0) is 24.0 Å². The predicted octanol–water partition coefficient (Wildman–Crippen LogP) is 2.61. The Bertz CT molecular complexity index is 661. The summed E-state index contributed by atoms with van der Waals surface area (Å²) in [6, 6.07) is 9.46. The van der Waals surface area contributed by atoms with Crippen LogP contribution in [0, 0.1) is 16.7 Å². The molecule has 0 spiro atoms. The minimum atomic E-state index is -0.946. The quantitative estimate of drug-likeness (QED) is 0.688. The van der Waals surface area contributed by atoms with Gasteiger partial charge in [0.15, 0.2) is 0 Å². The summed E-state index contributed by atoms with van der Waals surface area (Å²) in [6.45, 7) is 5.73. The maximum absolute atomic E-state index is 12.2. The molecule has 0 amide bonds. The van der Waals surface area contributed by atoms with E-state index in [4.69, 9.17) is 4.74 Å². The van der Waals surface area contributed by atoms with Crippen molar-refractivity contribution in [3.05, 3.63) is 42.0 Å². The van der Waals surface area contributed by atoms with E-state index in [0.29, 0.717) is 6.42 Å². The Hall–Kier alpha value is -1.94. The lowest BCUT2D eigenvalue weighted by atomic mass is 9.69. The first-order valence-electron chi connectivity index (χ1n) is 7.93. The van der Waals surface area contributed by atoms with Gasteiger partial charge in [-0.1, -0.05) is 44.2 Å². The standard InChI is InChI=1S/C19H22O4/c1-18(2)13-11-14(20)19(18,3)17(22)16(13)23-15(21)10-9-12-7-5-4-6-8-12/h4-10,13,16-17,22H,11H2,1-3H3/b10-9+. The maximum atomic E-state index is 12.2. The van der Waals surface area contributed by atoms with Gasteiger partial charge in [0.05, 0.1) is 5.41 Å². The number of carbonyl (C=O) groups is 2. The van der Waals surface area contributed by atoms with Crippen molar-refractivity contribution < 1.29 is 19.4 Å². The first-order valence-corrected chi connectivity index (χ1v) is 7.93. The molecular weight excluding hydrogens is 292 g/mol. The number of fused-ring (bicyclic) bond motifs is 2. The lowest BCUT2D eigenvalue weighted by Crippen LogP contribution is -2.46. The molecule has 2 fully saturated rings. The average Bonchev–Trinajstić information content (AvgIpc) is 2.78. The molecule has 1 aromatic rings. The van der Waals surface area contributed by atoms with Gasteiger partial charge in [0.2, 0.25) is 0 Å². The molecule has 122 valence electrons. The SMILES string of the molecule is CC1(C)C2CC(=O)C1(C)C(O)C2OC(=O)/C=C/c1ccccc1. The Morgan fingerprint density at radius 3 is 2.48 bits per heavy atom. The summed E-state index contributed by atoms with van der Waals surface area (Å²) in [4.78, 5) is 24.3. The summed E-state index contributed by atoms with van der Waals surface area (Å²) in [5.41, 5.74) is -0.316. The van der Waals surface area contributed by atoms with Crippen molar-refractivity contribution in [2.45, 2.75) is 39.4 Å². The number of ether oxygens (including phenoxy) is 1. The zero-order valence-corrected chi connectivity index (χ0v) is 13.7. The molecule has 4 nitrogen and oxygen atoms in total. The van der Waals surface area contributed by atoms with Crippen molar-refractivity contribution in [1.29, 1.82) is 0 Å². The van der Waals surface area contributed by atoms with Gasteiger partial charge in [-0.3, -0.25) is 4.79 Å². The first-order chi connectivity index (χ1) is 10.8. The van der Waals surface area contributed by atoms with Crippen molar-refractivity contribution in [1.82, 2.24) is 0 Å². The molecule has 0 aliphatic heterocycles. The van der Waals surface area contributed by atoms with Gasteiger partial charge in [0, 0.05) is 18.4 Å². The third kappa shape index (κ3) is 2.24. The van der Waals surface area contributed by atoms with Crippen LogP contribution in [0.15, 0.2) is 36.4 Å². The van der Waals surface area contributed by atoms with E-state index in [1.165, 1.54) is 6.08 Å². The van der Waals surface area contributed by atoms with Gasteiger partial charge in [0.25, 0.3) is 0 Å². The van der Waals surface area contributed by atoms with Crippen molar-refractivity contribution in [3.8, 4) is 0 Å². The molecule has 0 radical (unpaired) electrons. The van der Waals surface area contributed by atoms with E-state index in [-0.39, 0.29) is 17.1 Å². The lowest BCUT2D eigenvalue weighted by Gasteiger charge is -2.34. The summed E-state index contributed by atoms with van der Waals surface area (Å²) < 4.78 is 5.50. The number of rotatable bonds is 3. The van der Waals surface area contributed by atoms with E-state index in [2.05, 4.69) is 0 Å². The maximum Gasteiger partial charge on any atom is 0.331 e. The van der Waals surface area contributed by atoms with Gasteiger partial charge < -0.3 is 9.84 Å². The topological polar surface area (TPSA) is 63.6 Å². The van der Waals surface area contributed by atoms with Crippen molar-refractivity contribution in [2.75, 3.05) is 0 Å². The van der Waals surface area contributed by atoms with Crippen LogP contribution < -0.4 is 0 Å². The fourth-order valence-corrected chi connectivity index (χ4v) is 4.08. The third-order valence-corrected chi connectivity index (χ3v) is 6.01. The van der Waals surface area contributed by atoms with Crippen LogP contribution in [0.5, 0.6) is 0 Å². The van der Waals surface area contributed by atoms with Crippen molar-refractivity contribution >= 4 is 17.8 Å². The zero-order chi connectivity index (χ0) is 16.8. The highest BCUT2D eigenvalue weighted by Crippen LogP contribution is 2.64. The van der Waals surface area contributed by atoms with E-state index in [9.17, 15) is 14.7 Å². The molecule has 2 bridgehead atoms. The van der Waals surface area contributed by atoms with Gasteiger partial charge in [-0.15, -0.1) is 0 Å². The molecule has 0 heterocycles. The molecule has 4 atom stereocenters. The van der Waals surface area contributed by atoms with Crippen molar-refractivity contribution in [2.24, 2.45) is 16.7 Å². The largest absolute Gasteiger partial charge is 0.456 e. The Morgan fingerprint density at radius 2 is 1.91 bits per heavy atom. The summed E-state index contributed by atoms with van der Waals surface area (Å²) in [5.74, 6) is -0.562. The summed E-state index contributed by atoms with van der Waals surface area (Å²) >= 11 is 0. The highest BCUT2D eigenvalue weighted by atomic mass is 16.6. The fourth-order valence-electron chi connectivity index (χ4n) is 4.08.